The van der Waals surface area contributed by atoms with Crippen molar-refractivity contribution in [2.75, 3.05) is 18.0 Å². The van der Waals surface area contributed by atoms with E-state index in [-0.39, 0.29) is 11.4 Å². The summed E-state index contributed by atoms with van der Waals surface area (Å²) in [5.74, 6) is 0.237. The fraction of sp³-hybridized carbons (Fsp3) is 0.167. The quantitative estimate of drug-likeness (QED) is 0.690. The molecule has 6 heteroatoms. The van der Waals surface area contributed by atoms with Gasteiger partial charge in [0, 0.05) is 25.2 Å². The van der Waals surface area contributed by atoms with Crippen LogP contribution in [0.2, 0.25) is 0 Å². The molecule has 3 rings (SSSR count). The van der Waals surface area contributed by atoms with Crippen LogP contribution in [0.25, 0.3) is 5.57 Å². The first kappa shape index (κ1) is 15.6. The van der Waals surface area contributed by atoms with Crippen molar-refractivity contribution in [3.05, 3.63) is 69.8 Å². The third kappa shape index (κ3) is 3.06. The van der Waals surface area contributed by atoms with Crippen LogP contribution in [0.5, 0.6) is 5.75 Å². The molecule has 0 aromatic heterocycles. The van der Waals surface area contributed by atoms with Crippen molar-refractivity contribution in [3.8, 4) is 11.8 Å². The van der Waals surface area contributed by atoms with Crippen LogP contribution in [0.3, 0.4) is 0 Å². The van der Waals surface area contributed by atoms with Crippen molar-refractivity contribution < 1.29 is 10.0 Å². The van der Waals surface area contributed by atoms with Crippen molar-refractivity contribution >= 4 is 16.9 Å². The summed E-state index contributed by atoms with van der Waals surface area (Å²) in [7, 11) is 0. The lowest BCUT2D eigenvalue weighted by Crippen LogP contribution is -2.28. The molecule has 1 aliphatic heterocycles. The van der Waals surface area contributed by atoms with Crippen molar-refractivity contribution in [2.24, 2.45) is 0 Å². The normalized spacial score (nSPS) is 14.0. The van der Waals surface area contributed by atoms with Gasteiger partial charge in [-0.15, -0.1) is 0 Å². The third-order valence-corrected chi connectivity index (χ3v) is 4.10. The monoisotopic (exact) mass is 321 g/mol. The highest BCUT2D eigenvalue weighted by molar-refractivity contribution is 5.71. The minimum Gasteiger partial charge on any atom is -0.508 e. The second-order valence-electron chi connectivity index (χ2n) is 5.54. The van der Waals surface area contributed by atoms with Gasteiger partial charge in [-0.3, -0.25) is 10.1 Å². The molecule has 2 aromatic rings. The number of hydrogen-bond donors (Lipinski definition) is 1. The van der Waals surface area contributed by atoms with Crippen LogP contribution in [-0.2, 0) is 0 Å². The van der Waals surface area contributed by atoms with Crippen LogP contribution in [0.1, 0.15) is 17.5 Å². The number of phenols is 1. The topological polar surface area (TPSA) is 90.4 Å². The molecule has 0 spiro atoms. The molecular weight excluding hydrogens is 306 g/mol. The zero-order valence-electron chi connectivity index (χ0n) is 12.8. The zero-order chi connectivity index (χ0) is 17.1. The number of anilines is 1. The Hall–Kier alpha value is -3.33. The highest BCUT2D eigenvalue weighted by Crippen LogP contribution is 2.30. The predicted octanol–water partition coefficient (Wildman–Crippen LogP) is 3.47. The Kier molecular flexibility index (Phi) is 4.17. The molecule has 0 aliphatic carbocycles. The van der Waals surface area contributed by atoms with Gasteiger partial charge in [0.2, 0.25) is 0 Å². The number of rotatable bonds is 3. The summed E-state index contributed by atoms with van der Waals surface area (Å²) in [6, 6.07) is 13.5. The maximum absolute atomic E-state index is 10.8. The van der Waals surface area contributed by atoms with E-state index in [2.05, 4.69) is 6.08 Å². The van der Waals surface area contributed by atoms with Gasteiger partial charge in [-0.25, -0.2) is 0 Å². The molecule has 2 aromatic carbocycles. The maximum Gasteiger partial charge on any atom is 0.270 e. The molecule has 120 valence electrons. The molecular formula is C18H15N3O3. The SMILES string of the molecule is N#Cc1cc([N+](=O)[O-])ccc1N1CC=C(c2ccc(O)cc2)CC1. The Labute approximate surface area is 139 Å². The van der Waals surface area contributed by atoms with Gasteiger partial charge in [0.05, 0.1) is 16.2 Å². The minimum atomic E-state index is -0.496. The molecule has 0 amide bonds. The van der Waals surface area contributed by atoms with Gasteiger partial charge in [-0.2, -0.15) is 5.26 Å². The van der Waals surface area contributed by atoms with Crippen LogP contribution in [0, 0.1) is 21.4 Å². The van der Waals surface area contributed by atoms with Crippen LogP contribution in [0.4, 0.5) is 11.4 Å². The van der Waals surface area contributed by atoms with Crippen LogP contribution in [0.15, 0.2) is 48.5 Å². The zero-order valence-corrected chi connectivity index (χ0v) is 12.8. The van der Waals surface area contributed by atoms with E-state index < -0.39 is 4.92 Å². The Bertz CT molecular complexity index is 851. The van der Waals surface area contributed by atoms with Gasteiger partial charge in [-0.1, -0.05) is 18.2 Å². The fourth-order valence-electron chi connectivity index (χ4n) is 2.83. The standard InChI is InChI=1S/C18H15N3O3/c19-12-15-11-16(21(23)24)3-6-18(15)20-9-7-14(8-10-20)13-1-4-17(22)5-2-13/h1-7,11,22H,8-10H2. The number of non-ortho nitro benzene ring substituents is 1. The summed E-state index contributed by atoms with van der Waals surface area (Å²) < 4.78 is 0. The molecule has 0 fully saturated rings. The minimum absolute atomic E-state index is 0.0763. The van der Waals surface area contributed by atoms with Crippen LogP contribution < -0.4 is 4.90 Å². The molecule has 1 heterocycles. The summed E-state index contributed by atoms with van der Waals surface area (Å²) in [4.78, 5) is 12.4. The smallest absolute Gasteiger partial charge is 0.270 e. The van der Waals surface area contributed by atoms with E-state index >= 15 is 0 Å². The van der Waals surface area contributed by atoms with E-state index in [4.69, 9.17) is 0 Å². The van der Waals surface area contributed by atoms with E-state index in [9.17, 15) is 20.5 Å². The van der Waals surface area contributed by atoms with Crippen molar-refractivity contribution in [1.29, 1.82) is 5.26 Å². The number of benzene rings is 2. The van der Waals surface area contributed by atoms with Gasteiger partial charge in [0.25, 0.3) is 5.69 Å². The van der Waals surface area contributed by atoms with Crippen LogP contribution >= 0.6 is 0 Å². The summed E-state index contributed by atoms with van der Waals surface area (Å²) in [5.41, 5.74) is 3.20. The molecule has 0 saturated carbocycles. The van der Waals surface area contributed by atoms with Crippen molar-refractivity contribution in [3.63, 3.8) is 0 Å². The molecule has 0 bridgehead atoms. The lowest BCUT2D eigenvalue weighted by molar-refractivity contribution is -0.384. The Balaban J connectivity index is 1.83. The molecule has 0 saturated heterocycles. The Morgan fingerprint density at radius 1 is 1.21 bits per heavy atom. The number of nitro benzene ring substituents is 1. The van der Waals surface area contributed by atoms with Gasteiger partial charge < -0.3 is 10.0 Å². The van der Waals surface area contributed by atoms with Crippen molar-refractivity contribution in [1.82, 2.24) is 0 Å². The third-order valence-electron chi connectivity index (χ3n) is 4.10. The molecule has 0 unspecified atom stereocenters. The van der Waals surface area contributed by atoms with Gasteiger partial charge >= 0.3 is 0 Å². The molecule has 0 atom stereocenters. The summed E-state index contributed by atoms with van der Waals surface area (Å²) in [6.45, 7) is 1.35. The number of nitrogens with zero attached hydrogens (tertiary/aromatic N) is 3. The first-order valence-electron chi connectivity index (χ1n) is 7.50. The molecule has 1 N–H and O–H groups in total. The van der Waals surface area contributed by atoms with Crippen molar-refractivity contribution in [2.45, 2.75) is 6.42 Å². The van der Waals surface area contributed by atoms with E-state index in [1.807, 2.05) is 23.1 Å². The summed E-state index contributed by atoms with van der Waals surface area (Å²) in [5, 5.41) is 29.5. The summed E-state index contributed by atoms with van der Waals surface area (Å²) >= 11 is 0. The number of aromatic hydroxyl groups is 1. The van der Waals surface area contributed by atoms with E-state index in [0.29, 0.717) is 17.8 Å². The highest BCUT2D eigenvalue weighted by Gasteiger charge is 2.18. The number of nitriles is 1. The average molecular weight is 321 g/mol. The Morgan fingerprint density at radius 2 is 1.96 bits per heavy atom. The van der Waals surface area contributed by atoms with E-state index in [1.165, 1.54) is 17.7 Å². The Morgan fingerprint density at radius 3 is 2.54 bits per heavy atom. The lowest BCUT2D eigenvalue weighted by Gasteiger charge is -2.29. The first-order chi connectivity index (χ1) is 11.6. The number of nitro groups is 1. The predicted molar refractivity (Wildman–Crippen MR) is 90.7 cm³/mol. The van der Waals surface area contributed by atoms with Gasteiger partial charge in [-0.05, 0) is 35.8 Å². The second kappa shape index (κ2) is 6.42. The average Bonchev–Trinajstić information content (AvgIpc) is 2.62. The lowest BCUT2D eigenvalue weighted by atomic mass is 9.98. The van der Waals surface area contributed by atoms with E-state index in [0.717, 1.165) is 18.5 Å². The highest BCUT2D eigenvalue weighted by atomic mass is 16.6. The molecule has 0 radical (unpaired) electrons. The fourth-order valence-corrected chi connectivity index (χ4v) is 2.83. The second-order valence-corrected chi connectivity index (χ2v) is 5.54. The number of hydrogen-bond acceptors (Lipinski definition) is 5. The maximum atomic E-state index is 10.8. The van der Waals surface area contributed by atoms with Gasteiger partial charge in [0.15, 0.2) is 0 Å². The largest absolute Gasteiger partial charge is 0.508 e. The number of phenolic OH excluding ortho intramolecular Hbond substituents is 1. The first-order valence-corrected chi connectivity index (χ1v) is 7.50. The molecule has 1 aliphatic rings. The molecule has 24 heavy (non-hydrogen) atoms. The van der Waals surface area contributed by atoms with E-state index in [1.54, 1.807) is 18.2 Å². The summed E-state index contributed by atoms with van der Waals surface area (Å²) in [6.07, 6.45) is 2.88. The van der Waals surface area contributed by atoms with Crippen LogP contribution in [-0.4, -0.2) is 23.1 Å². The van der Waals surface area contributed by atoms with Gasteiger partial charge in [0.1, 0.15) is 11.8 Å². The molecule has 6 nitrogen and oxygen atoms in total.